The van der Waals surface area contributed by atoms with Crippen molar-refractivity contribution in [2.75, 3.05) is 30.3 Å². The van der Waals surface area contributed by atoms with Gasteiger partial charge in [0.2, 0.25) is 0 Å². The van der Waals surface area contributed by atoms with Crippen molar-refractivity contribution < 1.29 is 22.3 Å². The molecule has 202 valence electrons. The van der Waals surface area contributed by atoms with E-state index in [0.29, 0.717) is 48.4 Å². The number of carbonyl (C=O) groups excluding carboxylic acids is 1. The van der Waals surface area contributed by atoms with E-state index in [1.54, 1.807) is 12.1 Å². The van der Waals surface area contributed by atoms with Gasteiger partial charge in [-0.25, -0.2) is 19.1 Å². The molecule has 1 aliphatic heterocycles. The second-order valence-electron chi connectivity index (χ2n) is 9.98. The molecule has 3 aromatic rings. The highest BCUT2D eigenvalue weighted by Crippen LogP contribution is 2.30. The number of nitrogens with one attached hydrogen (secondary N) is 1. The molecule has 2 aromatic heterocycles. The third kappa shape index (κ3) is 6.58. The number of ether oxygens (including phenoxy) is 1. The Morgan fingerprint density at radius 2 is 2.00 bits per heavy atom. The molecule has 1 aliphatic rings. The first-order valence-electron chi connectivity index (χ1n) is 12.5. The van der Waals surface area contributed by atoms with Gasteiger partial charge in [-0.2, -0.15) is 8.42 Å². The second-order valence-corrected chi connectivity index (χ2v) is 11.6. The molecule has 3 heterocycles. The van der Waals surface area contributed by atoms with Crippen molar-refractivity contribution in [2.45, 2.75) is 38.6 Å². The third-order valence-corrected chi connectivity index (χ3v) is 7.31. The van der Waals surface area contributed by atoms with E-state index in [1.807, 2.05) is 18.7 Å². The van der Waals surface area contributed by atoms with E-state index >= 15 is 0 Å². The standard InChI is InChI=1S/C27H32FN5O4S/c1-17(2)16-37-21-13-19(12-20(28)14-21)23-10-9-22(26(30-23)33-11-5-6-18(3)15-33)27(34)32-38(35,36)25-8-4-7-24(29)31-25/h4,7-10,12-14,17-18H,5-6,11,15-16H2,1-3H3,(H2,29,31)(H,32,34). The zero-order valence-electron chi connectivity index (χ0n) is 21.6. The molecule has 38 heavy (non-hydrogen) atoms. The number of aromatic nitrogens is 2. The molecule has 0 spiro atoms. The minimum Gasteiger partial charge on any atom is -0.493 e. The smallest absolute Gasteiger partial charge is 0.281 e. The fourth-order valence-electron chi connectivity index (χ4n) is 4.28. The summed E-state index contributed by atoms with van der Waals surface area (Å²) in [6.07, 6.45) is 1.93. The Hall–Kier alpha value is -3.73. The first-order valence-corrected chi connectivity index (χ1v) is 14.0. The Morgan fingerprint density at radius 3 is 2.71 bits per heavy atom. The molecule has 0 radical (unpaired) electrons. The average molecular weight is 542 g/mol. The van der Waals surface area contributed by atoms with Crippen molar-refractivity contribution in [3.8, 4) is 17.0 Å². The summed E-state index contributed by atoms with van der Waals surface area (Å²) in [5.41, 5.74) is 6.62. The lowest BCUT2D eigenvalue weighted by Crippen LogP contribution is -2.38. The quantitative estimate of drug-likeness (QED) is 0.433. The number of pyridine rings is 2. The highest BCUT2D eigenvalue weighted by molar-refractivity contribution is 7.90. The number of nitrogen functional groups attached to an aromatic ring is 1. The number of nitrogens with zero attached hydrogens (tertiary/aromatic N) is 3. The number of sulfonamides is 1. The van der Waals surface area contributed by atoms with E-state index < -0.39 is 21.7 Å². The SMILES string of the molecule is CC(C)COc1cc(F)cc(-c2ccc(C(=O)NS(=O)(=O)c3cccc(N)n3)c(N3CCCC(C)C3)n2)c1. The van der Waals surface area contributed by atoms with Crippen LogP contribution in [0.4, 0.5) is 16.0 Å². The van der Waals surface area contributed by atoms with E-state index in [4.69, 9.17) is 15.5 Å². The largest absolute Gasteiger partial charge is 0.493 e. The van der Waals surface area contributed by atoms with Gasteiger partial charge in [0, 0.05) is 24.7 Å². The van der Waals surface area contributed by atoms with Crippen LogP contribution in [0.15, 0.2) is 53.6 Å². The molecule has 1 amide bonds. The number of nitrogens with two attached hydrogens (primary N) is 1. The number of halogens is 1. The predicted molar refractivity (Wildman–Crippen MR) is 144 cm³/mol. The molecule has 11 heteroatoms. The lowest BCUT2D eigenvalue weighted by atomic mass is 9.99. The van der Waals surface area contributed by atoms with Crippen molar-refractivity contribution in [3.05, 3.63) is 59.9 Å². The Kier molecular flexibility index (Phi) is 8.15. The number of amides is 1. The molecular formula is C27H32FN5O4S. The number of hydrogen-bond donors (Lipinski definition) is 2. The van der Waals surface area contributed by atoms with Crippen LogP contribution in [0.3, 0.4) is 0 Å². The average Bonchev–Trinajstić information content (AvgIpc) is 2.86. The first kappa shape index (κ1) is 27.3. The normalized spacial score (nSPS) is 15.9. The van der Waals surface area contributed by atoms with Gasteiger partial charge in [-0.3, -0.25) is 4.79 Å². The van der Waals surface area contributed by atoms with Crippen LogP contribution in [0.1, 0.15) is 44.0 Å². The van der Waals surface area contributed by atoms with Crippen molar-refractivity contribution in [1.82, 2.24) is 14.7 Å². The van der Waals surface area contributed by atoms with Crippen LogP contribution in [0.5, 0.6) is 5.75 Å². The molecule has 1 aromatic carbocycles. The van der Waals surface area contributed by atoms with Crippen LogP contribution in [-0.2, 0) is 10.0 Å². The van der Waals surface area contributed by atoms with Crippen molar-refractivity contribution in [1.29, 1.82) is 0 Å². The van der Waals surface area contributed by atoms with Gasteiger partial charge in [-0.15, -0.1) is 0 Å². The second kappa shape index (κ2) is 11.3. The number of anilines is 2. The Morgan fingerprint density at radius 1 is 1.21 bits per heavy atom. The lowest BCUT2D eigenvalue weighted by Gasteiger charge is -2.33. The maximum atomic E-state index is 14.5. The summed E-state index contributed by atoms with van der Waals surface area (Å²) in [5.74, 6) is 0.0312. The van der Waals surface area contributed by atoms with Gasteiger partial charge in [-0.05, 0) is 61.1 Å². The van der Waals surface area contributed by atoms with Gasteiger partial charge in [0.25, 0.3) is 15.9 Å². The molecule has 1 unspecified atom stereocenters. The van der Waals surface area contributed by atoms with Crippen molar-refractivity contribution in [2.24, 2.45) is 11.8 Å². The van der Waals surface area contributed by atoms with E-state index in [0.717, 1.165) is 12.8 Å². The number of rotatable bonds is 8. The summed E-state index contributed by atoms with van der Waals surface area (Å²) in [5, 5.41) is -0.364. The van der Waals surface area contributed by atoms with Crippen LogP contribution in [0, 0.1) is 17.7 Å². The molecular weight excluding hydrogens is 509 g/mol. The van der Waals surface area contributed by atoms with E-state index in [2.05, 4.69) is 16.6 Å². The van der Waals surface area contributed by atoms with Crippen LogP contribution < -0.4 is 20.1 Å². The van der Waals surface area contributed by atoms with Crippen LogP contribution in [0.25, 0.3) is 11.3 Å². The van der Waals surface area contributed by atoms with E-state index in [-0.39, 0.29) is 22.3 Å². The number of piperidine rings is 1. The minimum atomic E-state index is -4.28. The number of benzene rings is 1. The van der Waals surface area contributed by atoms with Gasteiger partial charge in [0.1, 0.15) is 23.2 Å². The predicted octanol–water partition coefficient (Wildman–Crippen LogP) is 4.25. The van der Waals surface area contributed by atoms with E-state index in [9.17, 15) is 17.6 Å². The molecule has 3 N–H and O–H groups in total. The minimum absolute atomic E-state index is 0.0150. The fraction of sp³-hybridized carbons (Fsp3) is 0.370. The summed E-state index contributed by atoms with van der Waals surface area (Å²) in [4.78, 5) is 23.8. The van der Waals surface area contributed by atoms with Gasteiger partial charge in [-0.1, -0.05) is 26.8 Å². The molecule has 0 saturated carbocycles. The Bertz CT molecular complexity index is 1430. The number of hydrogen-bond acceptors (Lipinski definition) is 8. The fourth-order valence-corrected chi connectivity index (χ4v) is 5.22. The number of carbonyl (C=O) groups is 1. The maximum absolute atomic E-state index is 14.5. The topological polar surface area (TPSA) is 128 Å². The Balaban J connectivity index is 1.71. The van der Waals surface area contributed by atoms with Crippen LogP contribution in [-0.4, -0.2) is 44.0 Å². The van der Waals surface area contributed by atoms with Crippen LogP contribution in [0.2, 0.25) is 0 Å². The molecule has 0 bridgehead atoms. The lowest BCUT2D eigenvalue weighted by molar-refractivity contribution is 0.0981. The summed E-state index contributed by atoms with van der Waals surface area (Å²) in [6.45, 7) is 7.84. The molecule has 1 atom stereocenters. The van der Waals surface area contributed by atoms with Gasteiger partial charge in [0.05, 0.1) is 17.9 Å². The monoisotopic (exact) mass is 541 g/mol. The molecule has 1 saturated heterocycles. The molecule has 0 aliphatic carbocycles. The van der Waals surface area contributed by atoms with Crippen LogP contribution >= 0.6 is 0 Å². The van der Waals surface area contributed by atoms with Gasteiger partial charge >= 0.3 is 0 Å². The highest BCUT2D eigenvalue weighted by atomic mass is 32.2. The molecule has 9 nitrogen and oxygen atoms in total. The van der Waals surface area contributed by atoms with Gasteiger partial charge < -0.3 is 15.4 Å². The maximum Gasteiger partial charge on any atom is 0.281 e. The summed E-state index contributed by atoms with van der Waals surface area (Å²) < 4.78 is 47.9. The zero-order chi connectivity index (χ0) is 27.4. The van der Waals surface area contributed by atoms with Crippen molar-refractivity contribution >= 4 is 27.6 Å². The Labute approximate surface area is 222 Å². The summed E-state index contributed by atoms with van der Waals surface area (Å²) in [7, 11) is -4.28. The molecule has 1 fully saturated rings. The van der Waals surface area contributed by atoms with Crippen molar-refractivity contribution in [3.63, 3.8) is 0 Å². The molecule has 4 rings (SSSR count). The summed E-state index contributed by atoms with van der Waals surface area (Å²) in [6, 6.07) is 11.6. The van der Waals surface area contributed by atoms with E-state index in [1.165, 1.54) is 36.4 Å². The third-order valence-electron chi connectivity index (χ3n) is 6.07. The summed E-state index contributed by atoms with van der Waals surface area (Å²) >= 11 is 0. The highest BCUT2D eigenvalue weighted by Gasteiger charge is 2.27. The first-order chi connectivity index (χ1) is 18.0. The zero-order valence-corrected chi connectivity index (χ0v) is 22.5. The van der Waals surface area contributed by atoms with Gasteiger partial charge in [0.15, 0.2) is 5.03 Å².